The van der Waals surface area contributed by atoms with Crippen LogP contribution in [0, 0.1) is 5.92 Å². The first-order valence-electron chi connectivity index (χ1n) is 8.20. The van der Waals surface area contributed by atoms with E-state index in [4.69, 9.17) is 4.74 Å². The number of rotatable bonds is 8. The molecule has 0 aliphatic carbocycles. The second-order valence-corrected chi connectivity index (χ2v) is 8.37. The molecule has 1 heterocycles. The Hall–Kier alpha value is -0.700. The van der Waals surface area contributed by atoms with Crippen LogP contribution in [0.3, 0.4) is 0 Å². The molecule has 0 spiro atoms. The molecule has 1 saturated heterocycles. The summed E-state index contributed by atoms with van der Waals surface area (Å²) in [7, 11) is -1.73. The Morgan fingerprint density at radius 2 is 1.91 bits per heavy atom. The van der Waals surface area contributed by atoms with Gasteiger partial charge in [0.25, 0.3) is 0 Å². The zero-order chi connectivity index (χ0) is 17.5. The van der Waals surface area contributed by atoms with Crippen molar-refractivity contribution in [3.05, 3.63) is 0 Å². The molecule has 1 amide bonds. The van der Waals surface area contributed by atoms with Crippen LogP contribution in [0.2, 0.25) is 0 Å². The third-order valence-electron chi connectivity index (χ3n) is 3.87. The number of carbonyl (C=O) groups is 1. The zero-order valence-electron chi connectivity index (χ0n) is 14.7. The van der Waals surface area contributed by atoms with Crippen molar-refractivity contribution in [1.29, 1.82) is 0 Å². The second kappa shape index (κ2) is 9.56. The highest BCUT2D eigenvalue weighted by Crippen LogP contribution is 2.11. The minimum Gasteiger partial charge on any atom is -0.383 e. The van der Waals surface area contributed by atoms with Gasteiger partial charge in [0.2, 0.25) is 15.9 Å². The summed E-state index contributed by atoms with van der Waals surface area (Å²) in [6, 6.07) is -0.671. The summed E-state index contributed by atoms with van der Waals surface area (Å²) in [4.78, 5) is 16.8. The van der Waals surface area contributed by atoms with Gasteiger partial charge >= 0.3 is 0 Å². The Bertz CT molecular complexity index is 467. The number of ether oxygens (including phenoxy) is 1. The van der Waals surface area contributed by atoms with Crippen LogP contribution in [-0.4, -0.2) is 82.9 Å². The number of nitrogens with one attached hydrogen (secondary N) is 1. The van der Waals surface area contributed by atoms with Crippen molar-refractivity contribution in [3.8, 4) is 0 Å². The molecule has 0 aromatic carbocycles. The van der Waals surface area contributed by atoms with Gasteiger partial charge in [-0.3, -0.25) is 9.69 Å². The highest BCUT2D eigenvalue weighted by molar-refractivity contribution is 7.88. The molecule has 1 unspecified atom stereocenters. The number of amides is 1. The van der Waals surface area contributed by atoms with Gasteiger partial charge in [0.15, 0.2) is 0 Å². The maximum absolute atomic E-state index is 12.7. The summed E-state index contributed by atoms with van der Waals surface area (Å²) in [6.45, 7) is 8.53. The van der Waals surface area contributed by atoms with Crippen molar-refractivity contribution >= 4 is 15.9 Å². The first-order valence-corrected chi connectivity index (χ1v) is 10.1. The monoisotopic (exact) mass is 349 g/mol. The van der Waals surface area contributed by atoms with Crippen LogP contribution in [0.15, 0.2) is 0 Å². The van der Waals surface area contributed by atoms with E-state index in [1.165, 1.54) is 0 Å². The molecule has 1 aliphatic rings. The van der Waals surface area contributed by atoms with E-state index in [0.717, 1.165) is 32.3 Å². The summed E-state index contributed by atoms with van der Waals surface area (Å²) in [5.41, 5.74) is 0. The lowest BCUT2D eigenvalue weighted by molar-refractivity contribution is -0.133. The Labute approximate surface area is 140 Å². The molecule has 1 fully saturated rings. The van der Waals surface area contributed by atoms with Gasteiger partial charge in [-0.2, -0.15) is 0 Å². The largest absolute Gasteiger partial charge is 0.383 e. The topological polar surface area (TPSA) is 79.0 Å². The lowest BCUT2D eigenvalue weighted by Gasteiger charge is -2.27. The van der Waals surface area contributed by atoms with E-state index in [-0.39, 0.29) is 11.8 Å². The van der Waals surface area contributed by atoms with Crippen molar-refractivity contribution in [2.24, 2.45) is 5.92 Å². The minimum absolute atomic E-state index is 0.113. The van der Waals surface area contributed by atoms with Gasteiger partial charge in [0, 0.05) is 33.3 Å². The predicted molar refractivity (Wildman–Crippen MR) is 90.7 cm³/mol. The predicted octanol–water partition coefficient (Wildman–Crippen LogP) is 0.131. The number of hydrogen-bond acceptors (Lipinski definition) is 5. The van der Waals surface area contributed by atoms with E-state index >= 15 is 0 Å². The van der Waals surface area contributed by atoms with E-state index in [1.807, 2.05) is 13.8 Å². The first kappa shape index (κ1) is 20.3. The van der Waals surface area contributed by atoms with Crippen molar-refractivity contribution in [2.45, 2.75) is 32.7 Å². The van der Waals surface area contributed by atoms with Gasteiger partial charge < -0.3 is 9.64 Å². The third-order valence-corrected chi connectivity index (χ3v) is 4.59. The quantitative estimate of drug-likeness (QED) is 0.674. The summed E-state index contributed by atoms with van der Waals surface area (Å²) < 4.78 is 30.7. The van der Waals surface area contributed by atoms with Gasteiger partial charge in [-0.05, 0) is 25.3 Å². The summed E-state index contributed by atoms with van der Waals surface area (Å²) in [6.07, 6.45) is 2.50. The van der Waals surface area contributed by atoms with Crippen molar-refractivity contribution in [2.75, 3.05) is 52.7 Å². The highest BCUT2D eigenvalue weighted by atomic mass is 32.2. The van der Waals surface area contributed by atoms with E-state index in [9.17, 15) is 13.2 Å². The number of methoxy groups -OCH3 is 1. The second-order valence-electron chi connectivity index (χ2n) is 6.59. The maximum atomic E-state index is 12.7. The molecule has 0 radical (unpaired) electrons. The highest BCUT2D eigenvalue weighted by Gasteiger charge is 2.28. The van der Waals surface area contributed by atoms with Crippen LogP contribution in [0.25, 0.3) is 0 Å². The molecule has 0 bridgehead atoms. The van der Waals surface area contributed by atoms with Gasteiger partial charge in [0.1, 0.15) is 6.04 Å². The normalized spacial score (nSPS) is 18.9. The van der Waals surface area contributed by atoms with E-state index < -0.39 is 16.1 Å². The van der Waals surface area contributed by atoms with Gasteiger partial charge in [-0.25, -0.2) is 13.1 Å². The molecule has 7 nitrogen and oxygen atoms in total. The molecule has 136 valence electrons. The average molecular weight is 349 g/mol. The number of sulfonamides is 1. The third kappa shape index (κ3) is 8.10. The Morgan fingerprint density at radius 1 is 1.22 bits per heavy atom. The first-order chi connectivity index (χ1) is 10.7. The SMILES string of the molecule is COCCN1CCCN(C(=O)C(CC(C)C)NS(C)(=O)=O)CC1. The van der Waals surface area contributed by atoms with Gasteiger partial charge in [-0.15, -0.1) is 0 Å². The van der Waals surface area contributed by atoms with Crippen molar-refractivity contribution < 1.29 is 17.9 Å². The van der Waals surface area contributed by atoms with Crippen LogP contribution in [0.5, 0.6) is 0 Å². The Kier molecular flexibility index (Phi) is 8.46. The van der Waals surface area contributed by atoms with Crippen LogP contribution in [-0.2, 0) is 19.6 Å². The molecule has 1 N–H and O–H groups in total. The van der Waals surface area contributed by atoms with E-state index in [1.54, 1.807) is 12.0 Å². The minimum atomic E-state index is -3.41. The molecule has 23 heavy (non-hydrogen) atoms. The van der Waals surface area contributed by atoms with Crippen LogP contribution < -0.4 is 4.72 Å². The molecule has 1 aliphatic heterocycles. The molecule has 1 atom stereocenters. The van der Waals surface area contributed by atoms with Gasteiger partial charge in [0.05, 0.1) is 12.9 Å². The molecular weight excluding hydrogens is 318 g/mol. The average Bonchev–Trinajstić information content (AvgIpc) is 2.67. The zero-order valence-corrected chi connectivity index (χ0v) is 15.6. The molecule has 0 saturated carbocycles. The smallest absolute Gasteiger partial charge is 0.240 e. The molecule has 0 aromatic heterocycles. The summed E-state index contributed by atoms with van der Waals surface area (Å²) in [5, 5.41) is 0. The molecule has 8 heteroatoms. The van der Waals surface area contributed by atoms with Gasteiger partial charge in [-0.1, -0.05) is 13.8 Å². The van der Waals surface area contributed by atoms with Crippen LogP contribution >= 0.6 is 0 Å². The fourth-order valence-corrected chi connectivity index (χ4v) is 3.50. The van der Waals surface area contributed by atoms with Crippen molar-refractivity contribution in [3.63, 3.8) is 0 Å². The molecule has 0 aromatic rings. The lowest BCUT2D eigenvalue weighted by atomic mass is 10.0. The number of carbonyl (C=O) groups excluding carboxylic acids is 1. The van der Waals surface area contributed by atoms with Crippen LogP contribution in [0.4, 0.5) is 0 Å². The molecular formula is C15H31N3O4S. The Balaban J connectivity index is 2.67. The fourth-order valence-electron chi connectivity index (χ4n) is 2.78. The number of nitrogens with zero attached hydrogens (tertiary/aromatic N) is 2. The lowest BCUT2D eigenvalue weighted by Crippen LogP contribution is -2.49. The number of hydrogen-bond donors (Lipinski definition) is 1. The maximum Gasteiger partial charge on any atom is 0.240 e. The van der Waals surface area contributed by atoms with E-state index in [2.05, 4.69) is 9.62 Å². The Morgan fingerprint density at radius 3 is 2.48 bits per heavy atom. The fraction of sp³-hybridized carbons (Fsp3) is 0.933. The molecule has 1 rings (SSSR count). The van der Waals surface area contributed by atoms with Crippen molar-refractivity contribution in [1.82, 2.24) is 14.5 Å². The van der Waals surface area contributed by atoms with Crippen LogP contribution in [0.1, 0.15) is 26.7 Å². The van der Waals surface area contributed by atoms with E-state index in [0.29, 0.717) is 26.1 Å². The standard InChI is InChI=1S/C15H31N3O4S/c1-13(2)12-14(16-23(4,20)21)15(19)18-7-5-6-17(8-9-18)10-11-22-3/h13-14,16H,5-12H2,1-4H3. The summed E-state index contributed by atoms with van der Waals surface area (Å²) >= 11 is 0. The summed E-state index contributed by atoms with van der Waals surface area (Å²) in [5.74, 6) is 0.126.